The number of hydrogen-bond acceptors (Lipinski definition) is 3. The van der Waals surface area contributed by atoms with Crippen LogP contribution in [0.15, 0.2) is 29.3 Å². The summed E-state index contributed by atoms with van der Waals surface area (Å²) in [4.78, 5) is 19.5. The summed E-state index contributed by atoms with van der Waals surface area (Å²) >= 11 is 0. The van der Waals surface area contributed by atoms with E-state index in [4.69, 9.17) is 9.73 Å². The van der Waals surface area contributed by atoms with E-state index in [2.05, 4.69) is 24.5 Å². The monoisotopic (exact) mass is 442 g/mol. The van der Waals surface area contributed by atoms with E-state index < -0.39 is 0 Å². The van der Waals surface area contributed by atoms with E-state index in [1.54, 1.807) is 0 Å². The second kappa shape index (κ2) is 12.8. The van der Waals surface area contributed by atoms with Crippen LogP contribution in [0.4, 0.5) is 0 Å². The van der Waals surface area contributed by atoms with Crippen LogP contribution < -0.4 is 10.6 Å². The Hall–Kier alpha value is -2.08. The number of ether oxygens (including phenoxy) is 1. The zero-order valence-electron chi connectivity index (χ0n) is 20.1. The minimum Gasteiger partial charge on any atom is -0.382 e. The lowest BCUT2D eigenvalue weighted by Gasteiger charge is -2.30. The lowest BCUT2D eigenvalue weighted by molar-refractivity contribution is 0.0724. The van der Waals surface area contributed by atoms with Gasteiger partial charge in [0.2, 0.25) is 0 Å². The molecule has 32 heavy (non-hydrogen) atoms. The Kier molecular flexibility index (Phi) is 9.85. The van der Waals surface area contributed by atoms with Crippen molar-refractivity contribution in [2.45, 2.75) is 71.8 Å². The molecule has 0 radical (unpaired) electrons. The molecule has 1 aliphatic carbocycles. The molecule has 1 heterocycles. The average Bonchev–Trinajstić information content (AvgIpc) is 3.30. The van der Waals surface area contributed by atoms with Gasteiger partial charge in [-0.2, -0.15) is 0 Å². The molecule has 0 unspecified atom stereocenters. The number of benzene rings is 1. The predicted molar refractivity (Wildman–Crippen MR) is 131 cm³/mol. The van der Waals surface area contributed by atoms with Crippen molar-refractivity contribution in [2.75, 3.05) is 39.4 Å². The van der Waals surface area contributed by atoms with Gasteiger partial charge in [-0.05, 0) is 75.5 Å². The van der Waals surface area contributed by atoms with E-state index in [0.29, 0.717) is 12.0 Å². The van der Waals surface area contributed by atoms with E-state index >= 15 is 0 Å². The first-order chi connectivity index (χ1) is 15.7. The number of likely N-dealkylation sites (tertiary alicyclic amines) is 1. The van der Waals surface area contributed by atoms with E-state index in [9.17, 15) is 4.79 Å². The molecule has 178 valence electrons. The third-order valence-corrected chi connectivity index (χ3v) is 6.88. The topological polar surface area (TPSA) is 66.0 Å². The van der Waals surface area contributed by atoms with Gasteiger partial charge in [0, 0.05) is 45.0 Å². The van der Waals surface area contributed by atoms with Gasteiger partial charge in [0.15, 0.2) is 5.96 Å². The number of rotatable bonds is 10. The van der Waals surface area contributed by atoms with Crippen molar-refractivity contribution < 1.29 is 9.53 Å². The van der Waals surface area contributed by atoms with Gasteiger partial charge in [-0.3, -0.25) is 4.79 Å². The highest BCUT2D eigenvalue weighted by Gasteiger charge is 2.33. The molecule has 1 aliphatic heterocycles. The number of hydrogen-bond donors (Lipinski definition) is 2. The van der Waals surface area contributed by atoms with E-state index in [-0.39, 0.29) is 5.91 Å². The maximum absolute atomic E-state index is 12.7. The second-order valence-corrected chi connectivity index (χ2v) is 9.25. The molecule has 0 bridgehead atoms. The molecule has 3 rings (SSSR count). The standard InChI is InChI=1S/C26H42N4O2/c1-3-27-25(29-21-26(14-6-7-15-26)16-19-32-4-2)28-20-22-10-12-23(13-11-22)24(31)30-17-8-5-9-18-30/h10-13H,3-9,14-21H2,1-2H3,(H2,27,28,29). The van der Waals surface area contributed by atoms with Gasteiger partial charge in [0.25, 0.3) is 5.91 Å². The first kappa shape index (κ1) is 24.6. The molecule has 2 N–H and O–H groups in total. The molecule has 1 amide bonds. The number of piperidine rings is 1. The SMILES string of the molecule is CCNC(=NCc1ccc(C(=O)N2CCCCC2)cc1)NCC1(CCOCC)CCCC1. The zero-order valence-corrected chi connectivity index (χ0v) is 20.1. The lowest BCUT2D eigenvalue weighted by atomic mass is 9.83. The van der Waals surface area contributed by atoms with Crippen molar-refractivity contribution in [1.29, 1.82) is 0 Å². The fourth-order valence-corrected chi connectivity index (χ4v) is 4.89. The summed E-state index contributed by atoms with van der Waals surface area (Å²) in [6.45, 7) is 9.92. The number of carbonyl (C=O) groups is 1. The van der Waals surface area contributed by atoms with Gasteiger partial charge in [-0.25, -0.2) is 4.99 Å². The molecule has 6 nitrogen and oxygen atoms in total. The molecule has 1 saturated carbocycles. The summed E-state index contributed by atoms with van der Waals surface area (Å²) in [7, 11) is 0. The first-order valence-electron chi connectivity index (χ1n) is 12.6. The predicted octanol–water partition coefficient (Wildman–Crippen LogP) is 4.35. The minimum atomic E-state index is 0.156. The summed E-state index contributed by atoms with van der Waals surface area (Å²) in [5.41, 5.74) is 2.22. The van der Waals surface area contributed by atoms with Crippen molar-refractivity contribution in [2.24, 2.45) is 10.4 Å². The van der Waals surface area contributed by atoms with Crippen LogP contribution in [0, 0.1) is 5.41 Å². The highest BCUT2D eigenvalue weighted by Crippen LogP contribution is 2.40. The van der Waals surface area contributed by atoms with Crippen LogP contribution in [0.1, 0.15) is 81.1 Å². The molecule has 0 atom stereocenters. The highest BCUT2D eigenvalue weighted by atomic mass is 16.5. The first-order valence-corrected chi connectivity index (χ1v) is 12.6. The van der Waals surface area contributed by atoms with Crippen molar-refractivity contribution in [3.63, 3.8) is 0 Å². The Balaban J connectivity index is 1.55. The summed E-state index contributed by atoms with van der Waals surface area (Å²) in [6.07, 6.45) is 9.72. The Bertz CT molecular complexity index is 720. The van der Waals surface area contributed by atoms with Crippen LogP contribution >= 0.6 is 0 Å². The van der Waals surface area contributed by atoms with Crippen molar-refractivity contribution in [3.8, 4) is 0 Å². The largest absolute Gasteiger partial charge is 0.382 e. The lowest BCUT2D eigenvalue weighted by Crippen LogP contribution is -2.43. The number of nitrogens with zero attached hydrogens (tertiary/aromatic N) is 2. The molecule has 0 spiro atoms. The molecular weight excluding hydrogens is 400 g/mol. The van der Waals surface area contributed by atoms with Gasteiger partial charge in [0.1, 0.15) is 0 Å². The van der Waals surface area contributed by atoms with Crippen LogP contribution in [0.25, 0.3) is 0 Å². The van der Waals surface area contributed by atoms with Crippen molar-refractivity contribution in [3.05, 3.63) is 35.4 Å². The van der Waals surface area contributed by atoms with Crippen molar-refractivity contribution in [1.82, 2.24) is 15.5 Å². The third-order valence-electron chi connectivity index (χ3n) is 6.88. The van der Waals surface area contributed by atoms with E-state index in [1.165, 1.54) is 32.1 Å². The van der Waals surface area contributed by atoms with Gasteiger partial charge in [0.05, 0.1) is 6.54 Å². The summed E-state index contributed by atoms with van der Waals surface area (Å²) in [6, 6.07) is 7.96. The van der Waals surface area contributed by atoms with Crippen LogP contribution in [-0.2, 0) is 11.3 Å². The fourth-order valence-electron chi connectivity index (χ4n) is 4.89. The molecule has 2 fully saturated rings. The molecule has 6 heteroatoms. The molecule has 2 aliphatic rings. The molecule has 1 aromatic carbocycles. The zero-order chi connectivity index (χ0) is 22.7. The number of amides is 1. The van der Waals surface area contributed by atoms with E-state index in [0.717, 1.165) is 75.7 Å². The number of guanidine groups is 1. The van der Waals surface area contributed by atoms with Gasteiger partial charge >= 0.3 is 0 Å². The number of aliphatic imine (C=N–C) groups is 1. The van der Waals surface area contributed by atoms with Gasteiger partial charge in [-0.15, -0.1) is 0 Å². The Morgan fingerprint density at radius 1 is 1.03 bits per heavy atom. The smallest absolute Gasteiger partial charge is 0.253 e. The van der Waals surface area contributed by atoms with Crippen LogP contribution in [0.3, 0.4) is 0 Å². The fraction of sp³-hybridized carbons (Fsp3) is 0.692. The molecule has 0 aromatic heterocycles. The van der Waals surface area contributed by atoms with Crippen LogP contribution in [0.5, 0.6) is 0 Å². The molecule has 1 saturated heterocycles. The maximum atomic E-state index is 12.7. The second-order valence-electron chi connectivity index (χ2n) is 9.25. The average molecular weight is 443 g/mol. The van der Waals surface area contributed by atoms with Gasteiger partial charge < -0.3 is 20.3 Å². The Morgan fingerprint density at radius 2 is 1.75 bits per heavy atom. The maximum Gasteiger partial charge on any atom is 0.253 e. The van der Waals surface area contributed by atoms with Crippen molar-refractivity contribution >= 4 is 11.9 Å². The third kappa shape index (κ3) is 7.22. The number of carbonyl (C=O) groups excluding carboxylic acids is 1. The quantitative estimate of drug-likeness (QED) is 0.321. The Labute approximate surface area is 194 Å². The van der Waals surface area contributed by atoms with Crippen LogP contribution in [-0.4, -0.2) is 56.2 Å². The summed E-state index contributed by atoms with van der Waals surface area (Å²) < 4.78 is 5.64. The number of nitrogens with one attached hydrogen (secondary N) is 2. The summed E-state index contributed by atoms with van der Waals surface area (Å²) in [5.74, 6) is 1.02. The van der Waals surface area contributed by atoms with E-state index in [1.807, 2.05) is 29.2 Å². The van der Waals surface area contributed by atoms with Crippen LogP contribution in [0.2, 0.25) is 0 Å². The molecule has 1 aromatic rings. The Morgan fingerprint density at radius 3 is 2.41 bits per heavy atom. The highest BCUT2D eigenvalue weighted by molar-refractivity contribution is 5.94. The minimum absolute atomic E-state index is 0.156. The normalized spacial score (nSPS) is 18.6. The summed E-state index contributed by atoms with van der Waals surface area (Å²) in [5, 5.41) is 6.98. The molecular formula is C26H42N4O2. The van der Waals surface area contributed by atoms with Gasteiger partial charge in [-0.1, -0.05) is 25.0 Å².